The smallest absolute Gasteiger partial charge is 0.270 e. The molecule has 1 fully saturated rings. The second-order valence-electron chi connectivity index (χ2n) is 8.44. The molecule has 1 atom stereocenters. The minimum Gasteiger partial charge on any atom is -0.354 e. The lowest BCUT2D eigenvalue weighted by molar-refractivity contribution is -0.172. The van der Waals surface area contributed by atoms with Crippen LogP contribution in [0.15, 0.2) is 30.7 Å². The van der Waals surface area contributed by atoms with Crippen molar-refractivity contribution in [2.75, 3.05) is 19.6 Å². The summed E-state index contributed by atoms with van der Waals surface area (Å²) in [5, 5.41) is 2.98. The number of rotatable bonds is 4. The van der Waals surface area contributed by atoms with Crippen LogP contribution in [0.3, 0.4) is 0 Å². The van der Waals surface area contributed by atoms with Crippen molar-refractivity contribution in [1.29, 1.82) is 0 Å². The van der Waals surface area contributed by atoms with Gasteiger partial charge in [-0.1, -0.05) is 13.8 Å². The van der Waals surface area contributed by atoms with E-state index >= 15 is 0 Å². The molecule has 8 heteroatoms. The van der Waals surface area contributed by atoms with Crippen LogP contribution in [0.1, 0.15) is 43.0 Å². The number of likely N-dealkylation sites (tertiary alicyclic amines) is 1. The zero-order valence-electron chi connectivity index (χ0n) is 17.3. The van der Waals surface area contributed by atoms with E-state index in [4.69, 9.17) is 4.74 Å². The van der Waals surface area contributed by atoms with E-state index in [-0.39, 0.29) is 11.8 Å². The third-order valence-electron chi connectivity index (χ3n) is 5.85. The van der Waals surface area contributed by atoms with E-state index in [9.17, 15) is 9.59 Å². The van der Waals surface area contributed by atoms with Crippen LogP contribution in [-0.2, 0) is 28.7 Å². The average molecular weight is 399 g/mol. The van der Waals surface area contributed by atoms with Crippen LogP contribution >= 0.6 is 0 Å². The fourth-order valence-corrected chi connectivity index (χ4v) is 4.21. The summed E-state index contributed by atoms with van der Waals surface area (Å²) in [6.07, 6.45) is 6.23. The molecule has 4 heterocycles. The van der Waals surface area contributed by atoms with Gasteiger partial charge in [-0.25, -0.2) is 4.98 Å². The van der Waals surface area contributed by atoms with Crippen molar-refractivity contribution in [1.82, 2.24) is 24.3 Å². The van der Waals surface area contributed by atoms with Gasteiger partial charge in [0.2, 0.25) is 0 Å². The van der Waals surface area contributed by atoms with Crippen LogP contribution < -0.4 is 5.32 Å². The third kappa shape index (κ3) is 3.69. The molecule has 1 N–H and O–H groups in total. The summed E-state index contributed by atoms with van der Waals surface area (Å²) < 4.78 is 10.3. The third-order valence-corrected chi connectivity index (χ3v) is 5.85. The molecule has 0 saturated carbocycles. The van der Waals surface area contributed by atoms with Crippen LogP contribution in [0.25, 0.3) is 0 Å². The highest BCUT2D eigenvalue weighted by Gasteiger charge is 2.47. The number of carbonyl (C=O) groups is 2. The van der Waals surface area contributed by atoms with E-state index in [1.165, 1.54) is 0 Å². The van der Waals surface area contributed by atoms with Crippen LogP contribution in [0, 0.1) is 5.92 Å². The number of nitrogens with one attached hydrogen (secondary N) is 1. The van der Waals surface area contributed by atoms with Gasteiger partial charge < -0.3 is 24.1 Å². The number of piperidine rings is 1. The topological polar surface area (TPSA) is 81.4 Å². The van der Waals surface area contributed by atoms with E-state index < -0.39 is 11.7 Å². The summed E-state index contributed by atoms with van der Waals surface area (Å²) in [6, 6.07) is 3.71. The normalized spacial score (nSPS) is 20.7. The average Bonchev–Trinajstić information content (AvgIpc) is 3.35. The number of ether oxygens (including phenoxy) is 1. The van der Waals surface area contributed by atoms with Crippen LogP contribution in [0.2, 0.25) is 0 Å². The Hall–Kier alpha value is -2.61. The van der Waals surface area contributed by atoms with Crippen molar-refractivity contribution in [3.05, 3.63) is 42.2 Å². The molecule has 0 unspecified atom stereocenters. The molecule has 1 saturated heterocycles. The Kier molecular flexibility index (Phi) is 5.21. The van der Waals surface area contributed by atoms with E-state index in [0.717, 1.165) is 5.82 Å². The predicted molar refractivity (Wildman–Crippen MR) is 107 cm³/mol. The Balaban J connectivity index is 1.49. The number of hydrogen-bond acceptors (Lipinski definition) is 4. The first-order chi connectivity index (χ1) is 13.9. The molecule has 2 amide bonds. The summed E-state index contributed by atoms with van der Waals surface area (Å²) in [5.41, 5.74) is 0.0463. The summed E-state index contributed by atoms with van der Waals surface area (Å²) in [5.74, 6) is 1.18. The number of fused-ring (bicyclic) bond motifs is 2. The maximum atomic E-state index is 12.8. The Morgan fingerprint density at radius 2 is 2.07 bits per heavy atom. The monoisotopic (exact) mass is 399 g/mol. The lowest BCUT2D eigenvalue weighted by Crippen LogP contribution is -2.55. The first kappa shape index (κ1) is 19.7. The van der Waals surface area contributed by atoms with E-state index in [0.29, 0.717) is 50.6 Å². The van der Waals surface area contributed by atoms with Gasteiger partial charge in [0.05, 0.1) is 6.54 Å². The standard InChI is InChI=1S/C21H29N5O3/c1-15(2)13-23-18(27)17-14-26-12-8-22-20(26)21(29-17)6-10-25(11-7-21)19(28)16-5-4-9-24(16)3/h4-5,8-9,12,15,17H,6-7,10-11,13-14H2,1-3H3,(H,23,27)/t17-/m0/s1. The minimum atomic E-state index is -0.632. The Morgan fingerprint density at radius 1 is 1.31 bits per heavy atom. The summed E-state index contributed by atoms with van der Waals surface area (Å²) >= 11 is 0. The number of hydrogen-bond donors (Lipinski definition) is 1. The Labute approximate surface area is 170 Å². The molecular weight excluding hydrogens is 370 g/mol. The number of nitrogens with zero attached hydrogens (tertiary/aromatic N) is 4. The first-order valence-corrected chi connectivity index (χ1v) is 10.3. The van der Waals surface area contributed by atoms with Crippen molar-refractivity contribution in [3.8, 4) is 0 Å². The highest BCUT2D eigenvalue weighted by molar-refractivity contribution is 5.92. The van der Waals surface area contributed by atoms with Gasteiger partial charge in [-0.15, -0.1) is 0 Å². The molecule has 2 aliphatic heterocycles. The van der Waals surface area contributed by atoms with Crippen LogP contribution in [0.5, 0.6) is 0 Å². The maximum absolute atomic E-state index is 12.8. The SMILES string of the molecule is CC(C)CNC(=O)[C@@H]1Cn2ccnc2C2(CCN(C(=O)c3cccn3C)CC2)O1. The summed E-state index contributed by atoms with van der Waals surface area (Å²) in [4.78, 5) is 31.9. The lowest BCUT2D eigenvalue weighted by atomic mass is 9.88. The highest BCUT2D eigenvalue weighted by atomic mass is 16.5. The lowest BCUT2D eigenvalue weighted by Gasteiger charge is -2.45. The first-order valence-electron chi connectivity index (χ1n) is 10.3. The molecule has 0 bridgehead atoms. The van der Waals surface area contributed by atoms with Crippen LogP contribution in [-0.4, -0.2) is 56.6 Å². The number of amides is 2. The molecule has 156 valence electrons. The fourth-order valence-electron chi connectivity index (χ4n) is 4.21. The zero-order valence-corrected chi connectivity index (χ0v) is 17.3. The van der Waals surface area contributed by atoms with Crippen molar-refractivity contribution >= 4 is 11.8 Å². The van der Waals surface area contributed by atoms with Crippen molar-refractivity contribution in [3.63, 3.8) is 0 Å². The van der Waals surface area contributed by atoms with Gasteiger partial charge in [0.1, 0.15) is 17.1 Å². The van der Waals surface area contributed by atoms with Gasteiger partial charge >= 0.3 is 0 Å². The highest BCUT2D eigenvalue weighted by Crippen LogP contribution is 2.40. The molecule has 8 nitrogen and oxygen atoms in total. The van der Waals surface area contributed by atoms with Gasteiger partial charge in [-0.05, 0) is 18.1 Å². The van der Waals surface area contributed by atoms with E-state index in [1.807, 2.05) is 45.6 Å². The van der Waals surface area contributed by atoms with E-state index in [1.54, 1.807) is 6.20 Å². The molecule has 1 spiro atoms. The van der Waals surface area contributed by atoms with Crippen molar-refractivity contribution in [2.24, 2.45) is 13.0 Å². The van der Waals surface area contributed by atoms with Crippen molar-refractivity contribution < 1.29 is 14.3 Å². The zero-order chi connectivity index (χ0) is 20.6. The maximum Gasteiger partial charge on any atom is 0.270 e. The van der Waals surface area contributed by atoms with Gasteiger partial charge in [-0.2, -0.15) is 0 Å². The number of imidazole rings is 1. The number of aromatic nitrogens is 3. The molecule has 0 aliphatic carbocycles. The molecule has 0 radical (unpaired) electrons. The summed E-state index contributed by atoms with van der Waals surface area (Å²) in [6.45, 7) is 6.36. The predicted octanol–water partition coefficient (Wildman–Crippen LogP) is 1.52. The summed E-state index contributed by atoms with van der Waals surface area (Å²) in [7, 11) is 1.88. The second kappa shape index (κ2) is 7.67. The van der Waals surface area contributed by atoms with Gasteiger partial charge in [0, 0.05) is 58.1 Å². The largest absolute Gasteiger partial charge is 0.354 e. The van der Waals surface area contributed by atoms with Gasteiger partial charge in [0.25, 0.3) is 11.8 Å². The number of carbonyl (C=O) groups excluding carboxylic acids is 2. The molecule has 4 rings (SSSR count). The Bertz CT molecular complexity index is 892. The van der Waals surface area contributed by atoms with Crippen molar-refractivity contribution in [2.45, 2.75) is 44.9 Å². The van der Waals surface area contributed by atoms with E-state index in [2.05, 4.69) is 24.1 Å². The molecule has 29 heavy (non-hydrogen) atoms. The fraction of sp³-hybridized carbons (Fsp3) is 0.571. The van der Waals surface area contributed by atoms with Crippen LogP contribution in [0.4, 0.5) is 0 Å². The minimum absolute atomic E-state index is 0.0257. The number of aryl methyl sites for hydroxylation is 1. The molecule has 0 aromatic carbocycles. The van der Waals surface area contributed by atoms with Gasteiger partial charge in [-0.3, -0.25) is 9.59 Å². The molecule has 2 aromatic rings. The molecule has 2 aliphatic rings. The van der Waals surface area contributed by atoms with Gasteiger partial charge in [0.15, 0.2) is 6.10 Å². The quantitative estimate of drug-likeness (QED) is 0.845. The molecular formula is C21H29N5O3. The second-order valence-corrected chi connectivity index (χ2v) is 8.44. The Morgan fingerprint density at radius 3 is 2.72 bits per heavy atom. The molecule has 2 aromatic heterocycles.